The summed E-state index contributed by atoms with van der Waals surface area (Å²) in [6.45, 7) is 3.29. The molecule has 1 saturated heterocycles. The summed E-state index contributed by atoms with van der Waals surface area (Å²) >= 11 is 0. The predicted molar refractivity (Wildman–Crippen MR) is 98.6 cm³/mol. The third kappa shape index (κ3) is 3.54. The van der Waals surface area contributed by atoms with E-state index < -0.39 is 17.8 Å². The Labute approximate surface area is 170 Å². The molecule has 2 aliphatic carbocycles. The molecule has 162 valence electrons. The van der Waals surface area contributed by atoms with E-state index in [1.54, 1.807) is 6.92 Å². The van der Waals surface area contributed by atoms with E-state index in [9.17, 15) is 18.0 Å². The molecule has 1 spiro atoms. The van der Waals surface area contributed by atoms with E-state index in [-0.39, 0.29) is 35.3 Å². The van der Waals surface area contributed by atoms with Crippen molar-refractivity contribution in [2.24, 2.45) is 5.41 Å². The van der Waals surface area contributed by atoms with Crippen LogP contribution in [0.2, 0.25) is 0 Å². The molecule has 2 aromatic rings. The van der Waals surface area contributed by atoms with Crippen LogP contribution in [-0.2, 0) is 11.0 Å². The van der Waals surface area contributed by atoms with Gasteiger partial charge in [-0.05, 0) is 44.4 Å². The average Bonchev–Trinajstić information content (AvgIpc) is 3.54. The molecular weight excluding hydrogens is 401 g/mol. The lowest BCUT2D eigenvalue weighted by molar-refractivity contribution is -0.138. The molecular formula is C19H23F3N6O2. The highest BCUT2D eigenvalue weighted by molar-refractivity contribution is 5.83. The van der Waals surface area contributed by atoms with E-state index in [4.69, 9.17) is 4.42 Å². The van der Waals surface area contributed by atoms with Crippen molar-refractivity contribution < 1.29 is 22.4 Å². The van der Waals surface area contributed by atoms with Crippen molar-refractivity contribution in [3.05, 3.63) is 23.3 Å². The van der Waals surface area contributed by atoms with Crippen molar-refractivity contribution in [1.29, 1.82) is 0 Å². The fraction of sp³-hybridized carbons (Fsp3) is 0.684. The van der Waals surface area contributed by atoms with Gasteiger partial charge < -0.3 is 14.6 Å². The lowest BCUT2D eigenvalue weighted by Crippen LogP contribution is -2.45. The fourth-order valence-electron chi connectivity index (χ4n) is 4.43. The Morgan fingerprint density at radius 3 is 2.67 bits per heavy atom. The van der Waals surface area contributed by atoms with Gasteiger partial charge in [0.15, 0.2) is 0 Å². The van der Waals surface area contributed by atoms with Gasteiger partial charge >= 0.3 is 12.2 Å². The van der Waals surface area contributed by atoms with Crippen molar-refractivity contribution in [3.63, 3.8) is 0 Å². The lowest BCUT2D eigenvalue weighted by Gasteiger charge is -2.33. The van der Waals surface area contributed by atoms with Crippen molar-refractivity contribution in [2.45, 2.75) is 63.1 Å². The SMILES string of the molecule is C[C@@H](Nc1nnc([C@H]2C[C@@H]2c2[nH]ncc2C(F)(F)F)o1)C(=O)N1CCC2(CC1)CC2. The molecule has 0 radical (unpaired) electrons. The van der Waals surface area contributed by atoms with Crippen LogP contribution in [0.1, 0.15) is 68.0 Å². The highest BCUT2D eigenvalue weighted by Crippen LogP contribution is 2.56. The van der Waals surface area contributed by atoms with Crippen molar-refractivity contribution in [3.8, 4) is 0 Å². The molecule has 2 saturated carbocycles. The summed E-state index contributed by atoms with van der Waals surface area (Å²) in [4.78, 5) is 14.5. The van der Waals surface area contributed by atoms with Crippen LogP contribution in [0.5, 0.6) is 0 Å². The lowest BCUT2D eigenvalue weighted by atomic mass is 9.93. The first-order valence-electron chi connectivity index (χ1n) is 10.2. The Morgan fingerprint density at radius 1 is 1.27 bits per heavy atom. The third-order valence-corrected chi connectivity index (χ3v) is 6.70. The first-order valence-corrected chi connectivity index (χ1v) is 10.2. The number of alkyl halides is 3. The van der Waals surface area contributed by atoms with E-state index in [1.165, 1.54) is 12.8 Å². The zero-order chi connectivity index (χ0) is 21.1. The van der Waals surface area contributed by atoms with Gasteiger partial charge in [0.05, 0.1) is 17.5 Å². The number of carbonyl (C=O) groups excluding carboxylic acids is 1. The van der Waals surface area contributed by atoms with E-state index in [2.05, 4.69) is 25.7 Å². The van der Waals surface area contributed by atoms with Crippen LogP contribution in [0.3, 0.4) is 0 Å². The molecule has 3 heterocycles. The molecule has 0 unspecified atom stereocenters. The quantitative estimate of drug-likeness (QED) is 0.764. The summed E-state index contributed by atoms with van der Waals surface area (Å²) in [6, 6.07) is -0.418. The van der Waals surface area contributed by atoms with Gasteiger partial charge in [0.25, 0.3) is 0 Å². The van der Waals surface area contributed by atoms with Crippen LogP contribution in [0.15, 0.2) is 10.6 Å². The maximum Gasteiger partial charge on any atom is 0.419 e. The number of anilines is 1. The summed E-state index contributed by atoms with van der Waals surface area (Å²) in [7, 11) is 0. The van der Waals surface area contributed by atoms with E-state index in [0.29, 0.717) is 11.8 Å². The molecule has 1 aliphatic heterocycles. The smallest absolute Gasteiger partial charge is 0.408 e. The Balaban J connectivity index is 1.18. The number of hydrogen-bond donors (Lipinski definition) is 2. The predicted octanol–water partition coefficient (Wildman–Crippen LogP) is 3.29. The normalized spacial score (nSPS) is 25.9. The van der Waals surface area contributed by atoms with E-state index >= 15 is 0 Å². The summed E-state index contributed by atoms with van der Waals surface area (Å²) in [5, 5.41) is 16.8. The molecule has 8 nitrogen and oxygen atoms in total. The van der Waals surface area contributed by atoms with Crippen LogP contribution < -0.4 is 5.32 Å². The Bertz CT molecular complexity index is 940. The second-order valence-corrected chi connectivity index (χ2v) is 8.78. The number of aromatic nitrogens is 4. The number of carbonyl (C=O) groups is 1. The zero-order valence-electron chi connectivity index (χ0n) is 16.5. The Kier molecular flexibility index (Phi) is 4.33. The number of nitrogens with one attached hydrogen (secondary N) is 2. The minimum absolute atomic E-state index is 0.0122. The standard InChI is InChI=1S/C19H23F3N6O2/c1-10(16(29)28-6-4-18(2-3-18)5-7-28)24-17-27-26-15(30-17)12-8-11(12)14-13(9-23-25-14)19(20,21)22/h9-12H,2-8H2,1H3,(H,23,25)(H,24,27)/t10-,11+,12+/m1/s1. The summed E-state index contributed by atoms with van der Waals surface area (Å²) in [5.74, 6) is -0.433. The first-order chi connectivity index (χ1) is 14.3. The van der Waals surface area contributed by atoms with Crippen molar-refractivity contribution >= 4 is 11.9 Å². The summed E-state index contributed by atoms with van der Waals surface area (Å²) in [5.41, 5.74) is -0.222. The molecule has 11 heteroatoms. The van der Waals surface area contributed by atoms with Gasteiger partial charge in [-0.2, -0.15) is 18.3 Å². The minimum Gasteiger partial charge on any atom is -0.408 e. The van der Waals surface area contributed by atoms with Gasteiger partial charge in [-0.25, -0.2) is 0 Å². The Hall–Kier alpha value is -2.59. The number of amides is 1. The van der Waals surface area contributed by atoms with Gasteiger partial charge in [-0.3, -0.25) is 9.89 Å². The number of rotatable bonds is 5. The van der Waals surface area contributed by atoms with Crippen LogP contribution in [-0.4, -0.2) is 50.3 Å². The first kappa shape index (κ1) is 19.4. The van der Waals surface area contributed by atoms with Gasteiger partial charge in [0.1, 0.15) is 6.04 Å². The summed E-state index contributed by atoms with van der Waals surface area (Å²) in [6.07, 6.45) is 1.48. The number of H-pyrrole nitrogens is 1. The van der Waals surface area contributed by atoms with Crippen LogP contribution >= 0.6 is 0 Å². The van der Waals surface area contributed by atoms with Crippen molar-refractivity contribution in [1.82, 2.24) is 25.3 Å². The topological polar surface area (TPSA) is 99.9 Å². The molecule has 5 rings (SSSR count). The van der Waals surface area contributed by atoms with E-state index in [1.807, 2.05) is 4.90 Å². The number of nitrogens with zero attached hydrogens (tertiary/aromatic N) is 4. The molecule has 30 heavy (non-hydrogen) atoms. The largest absolute Gasteiger partial charge is 0.419 e. The molecule has 3 aliphatic rings. The number of piperidine rings is 1. The maximum absolute atomic E-state index is 13.1. The monoisotopic (exact) mass is 424 g/mol. The molecule has 1 amide bonds. The number of halogens is 3. The number of hydrogen-bond acceptors (Lipinski definition) is 6. The molecule has 3 fully saturated rings. The maximum atomic E-state index is 13.1. The highest BCUT2D eigenvalue weighted by Gasteiger charge is 2.49. The van der Waals surface area contributed by atoms with Gasteiger partial charge in [0, 0.05) is 24.9 Å². The molecule has 2 aromatic heterocycles. The van der Waals surface area contributed by atoms with Crippen LogP contribution in [0.4, 0.5) is 19.2 Å². The van der Waals surface area contributed by atoms with Gasteiger partial charge in [-0.15, -0.1) is 5.10 Å². The minimum atomic E-state index is -4.46. The second kappa shape index (κ2) is 6.71. The molecule has 3 atom stereocenters. The van der Waals surface area contributed by atoms with Gasteiger partial charge in [0.2, 0.25) is 11.8 Å². The number of likely N-dealkylation sites (tertiary alicyclic amines) is 1. The zero-order valence-corrected chi connectivity index (χ0v) is 16.5. The van der Waals surface area contributed by atoms with Gasteiger partial charge in [-0.1, -0.05) is 5.10 Å². The van der Waals surface area contributed by atoms with Crippen molar-refractivity contribution in [2.75, 3.05) is 18.4 Å². The fourth-order valence-corrected chi connectivity index (χ4v) is 4.43. The molecule has 0 aromatic carbocycles. The molecule has 0 bridgehead atoms. The van der Waals surface area contributed by atoms with E-state index in [0.717, 1.165) is 32.1 Å². The molecule has 2 N–H and O–H groups in total. The second-order valence-electron chi connectivity index (χ2n) is 8.78. The third-order valence-electron chi connectivity index (χ3n) is 6.70. The summed E-state index contributed by atoms with van der Waals surface area (Å²) < 4.78 is 44.8. The highest BCUT2D eigenvalue weighted by atomic mass is 19.4. The Morgan fingerprint density at radius 2 is 2.00 bits per heavy atom. The average molecular weight is 424 g/mol. The van der Waals surface area contributed by atoms with Crippen LogP contribution in [0.25, 0.3) is 0 Å². The van der Waals surface area contributed by atoms with Crippen LogP contribution in [0, 0.1) is 5.41 Å². The number of aromatic amines is 1.